The Kier molecular flexibility index (Phi) is 1.89. The summed E-state index contributed by atoms with van der Waals surface area (Å²) in [6, 6.07) is 2.22. The third kappa shape index (κ3) is 1.000. The highest BCUT2D eigenvalue weighted by Gasteiger charge is 2.56. The summed E-state index contributed by atoms with van der Waals surface area (Å²) < 4.78 is 0. The van der Waals surface area contributed by atoms with Crippen molar-refractivity contribution in [1.29, 1.82) is 0 Å². The van der Waals surface area contributed by atoms with Crippen molar-refractivity contribution in [2.75, 3.05) is 6.61 Å². The minimum atomic E-state index is 0.287. The average molecular weight is 232 g/mol. The fraction of sp³-hybridized carbons (Fsp3) is 0.571. The molecule has 0 aromatic carbocycles. The van der Waals surface area contributed by atoms with Crippen LogP contribution in [0.4, 0.5) is 0 Å². The molecule has 0 aliphatic heterocycles. The third-order valence-corrected chi connectivity index (χ3v) is 5.68. The van der Waals surface area contributed by atoms with Gasteiger partial charge in [0.1, 0.15) is 0 Å². The summed E-state index contributed by atoms with van der Waals surface area (Å²) in [7, 11) is 0. The molecule has 1 N–H and O–H groups in total. The largest absolute Gasteiger partial charge is 0.392 e. The highest BCUT2D eigenvalue weighted by atomic mass is 32.1. The van der Waals surface area contributed by atoms with Gasteiger partial charge in [-0.3, -0.25) is 0 Å². The Morgan fingerprint density at radius 1 is 1.25 bits per heavy atom. The molecule has 0 amide bonds. The second-order valence-corrected chi connectivity index (χ2v) is 6.27. The molecule has 0 saturated heterocycles. The number of aliphatic hydroxyl groups is 1. The van der Waals surface area contributed by atoms with E-state index in [2.05, 4.69) is 16.8 Å². The summed E-state index contributed by atoms with van der Waals surface area (Å²) in [6.45, 7) is 0.287. The summed E-state index contributed by atoms with van der Waals surface area (Å²) >= 11 is 1.77. The van der Waals surface area contributed by atoms with E-state index in [4.69, 9.17) is 0 Å². The monoisotopic (exact) mass is 232 g/mol. The number of aliphatic hydroxyl groups excluding tert-OH is 1. The van der Waals surface area contributed by atoms with Crippen molar-refractivity contribution in [2.24, 2.45) is 23.7 Å². The summed E-state index contributed by atoms with van der Waals surface area (Å²) in [5.74, 6) is 3.38. The molecule has 0 spiro atoms. The van der Waals surface area contributed by atoms with E-state index in [-0.39, 0.29) is 6.61 Å². The lowest BCUT2D eigenvalue weighted by atomic mass is 9.60. The van der Waals surface area contributed by atoms with Gasteiger partial charge in [-0.05, 0) is 76.5 Å². The van der Waals surface area contributed by atoms with Crippen LogP contribution in [-0.4, -0.2) is 11.7 Å². The van der Waals surface area contributed by atoms with Crippen LogP contribution in [0.1, 0.15) is 24.8 Å². The molecule has 2 bridgehead atoms. The molecule has 2 heteroatoms. The van der Waals surface area contributed by atoms with E-state index in [0.717, 1.165) is 23.7 Å². The molecule has 1 aromatic heterocycles. The summed E-state index contributed by atoms with van der Waals surface area (Å²) in [4.78, 5) is 0. The summed E-state index contributed by atoms with van der Waals surface area (Å²) in [5, 5.41) is 14.0. The Hall–Kier alpha value is -0.600. The zero-order chi connectivity index (χ0) is 10.7. The van der Waals surface area contributed by atoms with Crippen molar-refractivity contribution in [3.8, 4) is 0 Å². The Balaban J connectivity index is 1.80. The third-order valence-electron chi connectivity index (χ3n) is 5.00. The lowest BCUT2D eigenvalue weighted by Gasteiger charge is -2.44. The van der Waals surface area contributed by atoms with E-state index in [1.807, 2.05) is 0 Å². The number of hydrogen-bond acceptors (Lipinski definition) is 2. The average Bonchev–Trinajstić information content (AvgIpc) is 2.93. The van der Waals surface area contributed by atoms with Gasteiger partial charge in [0.2, 0.25) is 0 Å². The quantitative estimate of drug-likeness (QED) is 0.830. The van der Waals surface area contributed by atoms with Crippen molar-refractivity contribution in [2.45, 2.75) is 19.3 Å². The molecule has 1 aromatic rings. The second-order valence-electron chi connectivity index (χ2n) is 5.49. The molecule has 1 heterocycles. The normalized spacial score (nSPS) is 40.1. The topological polar surface area (TPSA) is 20.2 Å². The molecule has 3 aliphatic rings. The smallest absolute Gasteiger partial charge is 0.0650 e. The van der Waals surface area contributed by atoms with Gasteiger partial charge in [-0.2, -0.15) is 11.3 Å². The predicted octanol–water partition coefficient (Wildman–Crippen LogP) is 3.17. The van der Waals surface area contributed by atoms with Crippen LogP contribution in [0.2, 0.25) is 0 Å². The van der Waals surface area contributed by atoms with Gasteiger partial charge >= 0.3 is 0 Å². The first-order chi connectivity index (χ1) is 7.90. The first-order valence-electron chi connectivity index (χ1n) is 6.26. The van der Waals surface area contributed by atoms with E-state index in [1.165, 1.54) is 36.0 Å². The maximum Gasteiger partial charge on any atom is 0.0650 e. The number of allylic oxidation sites excluding steroid dienone is 1. The number of rotatable bonds is 2. The van der Waals surface area contributed by atoms with Crippen LogP contribution >= 0.6 is 11.3 Å². The molecular formula is C14H16OS. The van der Waals surface area contributed by atoms with Gasteiger partial charge in [0, 0.05) is 0 Å². The molecule has 16 heavy (non-hydrogen) atoms. The highest BCUT2D eigenvalue weighted by Crippen LogP contribution is 2.65. The van der Waals surface area contributed by atoms with Crippen molar-refractivity contribution >= 4 is 16.9 Å². The van der Waals surface area contributed by atoms with Crippen LogP contribution in [-0.2, 0) is 0 Å². The van der Waals surface area contributed by atoms with Crippen LogP contribution in [0.15, 0.2) is 22.4 Å². The zero-order valence-electron chi connectivity index (χ0n) is 9.23. The molecule has 4 atom stereocenters. The minimum Gasteiger partial charge on any atom is -0.392 e. The van der Waals surface area contributed by atoms with Crippen LogP contribution < -0.4 is 0 Å². The molecule has 4 unspecified atom stereocenters. The summed E-state index contributed by atoms with van der Waals surface area (Å²) in [5.41, 5.74) is 4.28. The van der Waals surface area contributed by atoms with E-state index in [0.29, 0.717) is 0 Å². The lowest BCUT2D eigenvalue weighted by molar-refractivity contribution is 0.229. The maximum absolute atomic E-state index is 9.58. The van der Waals surface area contributed by atoms with E-state index in [1.54, 1.807) is 11.3 Å². The zero-order valence-corrected chi connectivity index (χ0v) is 10.0. The standard InChI is InChI=1S/C14H16OS/c15-6-11-12-8-1-2-9(5-8)14(12)13(11)10-3-4-16-7-10/h3-4,7-9,12,14-15H,1-2,5-6H2. The maximum atomic E-state index is 9.58. The van der Waals surface area contributed by atoms with Crippen LogP contribution in [0.5, 0.6) is 0 Å². The van der Waals surface area contributed by atoms with Crippen LogP contribution in [0.25, 0.3) is 5.57 Å². The molecule has 0 radical (unpaired) electrons. The molecule has 84 valence electrons. The molecule has 3 aliphatic carbocycles. The second kappa shape index (κ2) is 3.21. The number of fused-ring (bicyclic) bond motifs is 5. The fourth-order valence-corrected chi connectivity index (χ4v) is 5.15. The van der Waals surface area contributed by atoms with Gasteiger partial charge in [0.05, 0.1) is 6.61 Å². The molecule has 4 rings (SSSR count). The number of hydrogen-bond donors (Lipinski definition) is 1. The Labute approximate surface area is 99.8 Å². The molecule has 2 fully saturated rings. The first kappa shape index (κ1) is 9.43. The van der Waals surface area contributed by atoms with Gasteiger partial charge in [-0.15, -0.1) is 0 Å². The minimum absolute atomic E-state index is 0.287. The SMILES string of the molecule is OCC1=C(c2ccsc2)C2C3CCC(C3)C12. The van der Waals surface area contributed by atoms with E-state index in [9.17, 15) is 5.11 Å². The van der Waals surface area contributed by atoms with Crippen molar-refractivity contribution < 1.29 is 5.11 Å². The van der Waals surface area contributed by atoms with Crippen molar-refractivity contribution in [1.82, 2.24) is 0 Å². The highest BCUT2D eigenvalue weighted by molar-refractivity contribution is 7.08. The van der Waals surface area contributed by atoms with Gasteiger partial charge in [0.15, 0.2) is 0 Å². The van der Waals surface area contributed by atoms with Crippen molar-refractivity contribution in [3.05, 3.63) is 28.0 Å². The molecular weight excluding hydrogens is 216 g/mol. The van der Waals surface area contributed by atoms with Crippen molar-refractivity contribution in [3.63, 3.8) is 0 Å². The first-order valence-corrected chi connectivity index (χ1v) is 7.21. The Morgan fingerprint density at radius 3 is 2.75 bits per heavy atom. The van der Waals surface area contributed by atoms with E-state index < -0.39 is 0 Å². The van der Waals surface area contributed by atoms with Gasteiger partial charge in [-0.1, -0.05) is 0 Å². The van der Waals surface area contributed by atoms with Crippen LogP contribution in [0, 0.1) is 23.7 Å². The number of thiophene rings is 1. The van der Waals surface area contributed by atoms with E-state index >= 15 is 0 Å². The van der Waals surface area contributed by atoms with Gasteiger partial charge < -0.3 is 5.11 Å². The Morgan fingerprint density at radius 2 is 2.06 bits per heavy atom. The lowest BCUT2D eigenvalue weighted by Crippen LogP contribution is -2.36. The van der Waals surface area contributed by atoms with Crippen LogP contribution in [0.3, 0.4) is 0 Å². The van der Waals surface area contributed by atoms with Gasteiger partial charge in [0.25, 0.3) is 0 Å². The Bertz CT molecular complexity index is 445. The summed E-state index contributed by atoms with van der Waals surface area (Å²) in [6.07, 6.45) is 4.26. The predicted molar refractivity (Wildman–Crippen MR) is 66.1 cm³/mol. The fourth-order valence-electron chi connectivity index (χ4n) is 4.49. The molecule has 1 nitrogen and oxygen atoms in total. The molecule has 2 saturated carbocycles. The van der Waals surface area contributed by atoms with Gasteiger partial charge in [-0.25, -0.2) is 0 Å².